The summed E-state index contributed by atoms with van der Waals surface area (Å²) in [6.45, 7) is 3.79. The van der Waals surface area contributed by atoms with Crippen LogP contribution < -0.4 is 5.32 Å². The van der Waals surface area contributed by atoms with E-state index in [0.29, 0.717) is 29.2 Å². The molecule has 0 aliphatic heterocycles. The second-order valence-electron chi connectivity index (χ2n) is 5.99. The van der Waals surface area contributed by atoms with Crippen LogP contribution in [0, 0.1) is 13.8 Å². The number of nitrogens with zero attached hydrogens (tertiary/aromatic N) is 4. The van der Waals surface area contributed by atoms with E-state index in [1.807, 2.05) is 26.0 Å². The van der Waals surface area contributed by atoms with E-state index in [1.165, 1.54) is 0 Å². The van der Waals surface area contributed by atoms with Crippen LogP contribution in [0.5, 0.6) is 0 Å². The fraction of sp³-hybridized carbons (Fsp3) is 0.533. The minimum Gasteiger partial charge on any atom is -0.367 e. The van der Waals surface area contributed by atoms with Crippen molar-refractivity contribution in [2.45, 2.75) is 51.5 Å². The van der Waals surface area contributed by atoms with E-state index >= 15 is 0 Å². The Bertz CT molecular complexity index is 706. The maximum Gasteiger partial charge on any atom is 0.252 e. The quantitative estimate of drug-likeness (QED) is 0.866. The Labute approximate surface area is 141 Å². The molecule has 0 atom stereocenters. The van der Waals surface area contributed by atoms with Gasteiger partial charge in [0.25, 0.3) is 5.95 Å². The molecule has 0 spiro atoms. The van der Waals surface area contributed by atoms with Crippen molar-refractivity contribution in [3.05, 3.63) is 28.1 Å². The van der Waals surface area contributed by atoms with Crippen LogP contribution in [0.2, 0.25) is 0 Å². The second kappa shape index (κ2) is 6.14. The van der Waals surface area contributed by atoms with Gasteiger partial charge in [0.15, 0.2) is 0 Å². The molecule has 124 valence electrons. The van der Waals surface area contributed by atoms with Gasteiger partial charge in [-0.3, -0.25) is 0 Å². The summed E-state index contributed by atoms with van der Waals surface area (Å²) in [5.41, 5.74) is 1.70. The van der Waals surface area contributed by atoms with Crippen molar-refractivity contribution >= 4 is 21.7 Å². The molecule has 1 aliphatic rings. The summed E-state index contributed by atoms with van der Waals surface area (Å²) in [5, 5.41) is 7.57. The normalized spacial score (nSPS) is 18.1. The minimum atomic E-state index is -2.52. The molecule has 23 heavy (non-hydrogen) atoms. The van der Waals surface area contributed by atoms with Gasteiger partial charge in [-0.05, 0) is 48.7 Å². The average Bonchev–Trinajstić information content (AvgIpc) is 2.79. The van der Waals surface area contributed by atoms with Crippen LogP contribution in [0.25, 0.3) is 5.95 Å². The van der Waals surface area contributed by atoms with Gasteiger partial charge in [0.1, 0.15) is 10.4 Å². The standard InChI is InChI=1S/C15H18BrF2N5/c1-9-7-13(20-11-3-5-15(17,18)6-4-11)21-14(19-9)23-10(2)8-12(16)22-23/h7-8,11H,3-6H2,1-2H3,(H,19,20,21). The van der Waals surface area contributed by atoms with Crippen LogP contribution in [-0.2, 0) is 0 Å². The third-order valence-corrected chi connectivity index (χ3v) is 4.35. The van der Waals surface area contributed by atoms with Crippen molar-refractivity contribution in [2.24, 2.45) is 0 Å². The van der Waals surface area contributed by atoms with E-state index in [4.69, 9.17) is 0 Å². The molecule has 0 unspecified atom stereocenters. The number of hydrogen-bond donors (Lipinski definition) is 1. The number of aryl methyl sites for hydroxylation is 2. The molecule has 2 heterocycles. The monoisotopic (exact) mass is 385 g/mol. The predicted octanol–water partition coefficient (Wildman–Crippen LogP) is 4.03. The van der Waals surface area contributed by atoms with Gasteiger partial charge in [0.2, 0.25) is 5.92 Å². The first-order valence-corrected chi connectivity index (χ1v) is 8.34. The van der Waals surface area contributed by atoms with Gasteiger partial charge in [-0.25, -0.2) is 18.4 Å². The Hall–Kier alpha value is -1.57. The summed E-state index contributed by atoms with van der Waals surface area (Å²) in [6, 6.07) is 3.72. The van der Waals surface area contributed by atoms with Crippen molar-refractivity contribution in [3.63, 3.8) is 0 Å². The van der Waals surface area contributed by atoms with Crippen molar-refractivity contribution < 1.29 is 8.78 Å². The van der Waals surface area contributed by atoms with Gasteiger partial charge in [-0.15, -0.1) is 0 Å². The fourth-order valence-corrected chi connectivity index (χ4v) is 3.24. The Balaban J connectivity index is 1.80. The third-order valence-electron chi connectivity index (χ3n) is 3.96. The summed E-state index contributed by atoms with van der Waals surface area (Å²) in [7, 11) is 0. The number of nitrogens with one attached hydrogen (secondary N) is 1. The minimum absolute atomic E-state index is 0.0160. The van der Waals surface area contributed by atoms with Crippen LogP contribution >= 0.6 is 15.9 Å². The van der Waals surface area contributed by atoms with Crippen LogP contribution in [0.3, 0.4) is 0 Å². The van der Waals surface area contributed by atoms with E-state index in [9.17, 15) is 8.78 Å². The molecule has 0 radical (unpaired) electrons. The molecular formula is C15H18BrF2N5. The number of alkyl halides is 2. The molecule has 2 aromatic rings. The zero-order valence-electron chi connectivity index (χ0n) is 13.0. The Morgan fingerprint density at radius 2 is 1.91 bits per heavy atom. The molecule has 1 fully saturated rings. The molecule has 1 aliphatic carbocycles. The Morgan fingerprint density at radius 3 is 2.52 bits per heavy atom. The first kappa shape index (κ1) is 16.3. The topological polar surface area (TPSA) is 55.6 Å². The largest absolute Gasteiger partial charge is 0.367 e. The number of hydrogen-bond acceptors (Lipinski definition) is 4. The SMILES string of the molecule is Cc1cc(NC2CCC(F)(F)CC2)nc(-n2nc(Br)cc2C)n1. The number of rotatable bonds is 3. The number of aromatic nitrogens is 4. The maximum atomic E-state index is 13.2. The maximum absolute atomic E-state index is 13.2. The van der Waals surface area contributed by atoms with Crippen LogP contribution in [0.1, 0.15) is 37.1 Å². The molecule has 0 bridgehead atoms. The molecule has 8 heteroatoms. The Morgan fingerprint density at radius 1 is 1.22 bits per heavy atom. The third kappa shape index (κ3) is 3.85. The smallest absolute Gasteiger partial charge is 0.252 e. The lowest BCUT2D eigenvalue weighted by Crippen LogP contribution is -2.32. The van der Waals surface area contributed by atoms with E-state index in [1.54, 1.807) is 4.68 Å². The van der Waals surface area contributed by atoms with Gasteiger partial charge in [0, 0.05) is 36.3 Å². The van der Waals surface area contributed by atoms with Crippen molar-refractivity contribution in [1.29, 1.82) is 0 Å². The molecule has 2 aromatic heterocycles. The van der Waals surface area contributed by atoms with E-state index in [-0.39, 0.29) is 18.9 Å². The average molecular weight is 386 g/mol. The fourth-order valence-electron chi connectivity index (χ4n) is 2.75. The van der Waals surface area contributed by atoms with E-state index in [0.717, 1.165) is 11.4 Å². The molecule has 0 saturated heterocycles. The van der Waals surface area contributed by atoms with Gasteiger partial charge < -0.3 is 5.32 Å². The number of halogens is 3. The first-order chi connectivity index (χ1) is 10.8. The van der Waals surface area contributed by atoms with Gasteiger partial charge in [0.05, 0.1) is 0 Å². The molecule has 0 amide bonds. The molecular weight excluding hydrogens is 368 g/mol. The highest BCUT2D eigenvalue weighted by atomic mass is 79.9. The van der Waals surface area contributed by atoms with Crippen molar-refractivity contribution in [2.75, 3.05) is 5.32 Å². The summed E-state index contributed by atoms with van der Waals surface area (Å²) < 4.78 is 28.8. The molecule has 0 aromatic carbocycles. The lowest BCUT2D eigenvalue weighted by Gasteiger charge is -2.29. The Kier molecular flexibility index (Phi) is 4.35. The highest BCUT2D eigenvalue weighted by Crippen LogP contribution is 2.34. The van der Waals surface area contributed by atoms with Gasteiger partial charge in [-0.2, -0.15) is 10.1 Å². The second-order valence-corrected chi connectivity index (χ2v) is 6.80. The molecule has 1 saturated carbocycles. The molecule has 3 rings (SSSR count). The molecule has 1 N–H and O–H groups in total. The summed E-state index contributed by atoms with van der Waals surface area (Å²) in [6.07, 6.45) is 0.731. The van der Waals surface area contributed by atoms with Gasteiger partial charge >= 0.3 is 0 Å². The van der Waals surface area contributed by atoms with E-state index in [2.05, 4.69) is 36.3 Å². The van der Waals surface area contributed by atoms with Crippen LogP contribution in [-0.4, -0.2) is 31.7 Å². The van der Waals surface area contributed by atoms with Gasteiger partial charge in [-0.1, -0.05) is 0 Å². The zero-order valence-corrected chi connectivity index (χ0v) is 14.6. The summed E-state index contributed by atoms with van der Waals surface area (Å²) in [5.74, 6) is -1.41. The first-order valence-electron chi connectivity index (χ1n) is 7.55. The lowest BCUT2D eigenvalue weighted by molar-refractivity contribution is -0.0361. The van der Waals surface area contributed by atoms with Crippen molar-refractivity contribution in [1.82, 2.24) is 19.7 Å². The lowest BCUT2D eigenvalue weighted by atomic mass is 9.92. The zero-order chi connectivity index (χ0) is 16.6. The van der Waals surface area contributed by atoms with E-state index < -0.39 is 5.92 Å². The summed E-state index contributed by atoms with van der Waals surface area (Å²) in [4.78, 5) is 8.88. The molecule has 5 nitrogen and oxygen atoms in total. The van der Waals surface area contributed by atoms with Crippen molar-refractivity contribution in [3.8, 4) is 5.95 Å². The predicted molar refractivity (Wildman–Crippen MR) is 87.2 cm³/mol. The van der Waals surface area contributed by atoms with Crippen LogP contribution in [0.15, 0.2) is 16.7 Å². The highest BCUT2D eigenvalue weighted by molar-refractivity contribution is 9.10. The highest BCUT2D eigenvalue weighted by Gasteiger charge is 2.34. The number of anilines is 1. The summed E-state index contributed by atoms with van der Waals surface area (Å²) >= 11 is 3.33. The van der Waals surface area contributed by atoms with Crippen LogP contribution in [0.4, 0.5) is 14.6 Å².